The molecule has 0 unspecified atom stereocenters. The predicted octanol–water partition coefficient (Wildman–Crippen LogP) is 1.60. The molecule has 1 aromatic rings. The SMILES string of the molecule is COC(=O)c1sc(N)c(C(=O)OC)c1COC(=O)[C@H]1C[C@H]1C. The highest BCUT2D eigenvalue weighted by atomic mass is 32.1. The Morgan fingerprint density at radius 2 is 1.82 bits per heavy atom. The van der Waals surface area contributed by atoms with Gasteiger partial charge in [-0.05, 0) is 12.3 Å². The Kier molecular flexibility index (Phi) is 4.70. The van der Waals surface area contributed by atoms with Crippen LogP contribution in [0, 0.1) is 11.8 Å². The molecule has 8 heteroatoms. The second kappa shape index (κ2) is 6.35. The molecule has 1 heterocycles. The lowest BCUT2D eigenvalue weighted by Gasteiger charge is -2.07. The number of esters is 3. The summed E-state index contributed by atoms with van der Waals surface area (Å²) in [5.41, 5.74) is 6.05. The van der Waals surface area contributed by atoms with Crippen molar-refractivity contribution in [2.45, 2.75) is 20.0 Å². The molecule has 1 aliphatic carbocycles. The van der Waals surface area contributed by atoms with Gasteiger partial charge in [0.15, 0.2) is 0 Å². The Labute approximate surface area is 131 Å². The van der Waals surface area contributed by atoms with Crippen molar-refractivity contribution in [3.8, 4) is 0 Å². The normalized spacial score (nSPS) is 19.4. The third-order valence-corrected chi connectivity index (χ3v) is 4.61. The van der Waals surface area contributed by atoms with Gasteiger partial charge in [0.05, 0.1) is 20.1 Å². The van der Waals surface area contributed by atoms with Crippen molar-refractivity contribution >= 4 is 34.2 Å². The second-order valence-corrected chi connectivity index (χ2v) is 6.11. The number of nitrogen functional groups attached to an aromatic ring is 1. The van der Waals surface area contributed by atoms with Gasteiger partial charge in [-0.25, -0.2) is 9.59 Å². The Morgan fingerprint density at radius 1 is 1.23 bits per heavy atom. The summed E-state index contributed by atoms with van der Waals surface area (Å²) in [6.07, 6.45) is 0.790. The number of anilines is 1. The van der Waals surface area contributed by atoms with E-state index in [9.17, 15) is 14.4 Å². The molecule has 2 N–H and O–H groups in total. The Bertz CT molecular complexity index is 623. The van der Waals surface area contributed by atoms with Crippen LogP contribution in [0.4, 0.5) is 5.00 Å². The lowest BCUT2D eigenvalue weighted by atomic mass is 10.1. The lowest BCUT2D eigenvalue weighted by Crippen LogP contribution is -2.13. The van der Waals surface area contributed by atoms with Crippen LogP contribution in [0.5, 0.6) is 0 Å². The number of nitrogens with two attached hydrogens (primary N) is 1. The van der Waals surface area contributed by atoms with Crippen LogP contribution in [-0.2, 0) is 25.6 Å². The molecule has 0 aliphatic heterocycles. The van der Waals surface area contributed by atoms with E-state index in [1.165, 1.54) is 14.2 Å². The first kappa shape index (κ1) is 16.3. The van der Waals surface area contributed by atoms with Crippen LogP contribution in [0.2, 0.25) is 0 Å². The van der Waals surface area contributed by atoms with E-state index in [2.05, 4.69) is 9.47 Å². The molecule has 2 rings (SSSR count). The molecule has 22 heavy (non-hydrogen) atoms. The molecule has 0 radical (unpaired) electrons. The topological polar surface area (TPSA) is 105 Å². The molecule has 0 spiro atoms. The first-order valence-corrected chi connectivity index (χ1v) is 7.46. The Balaban J connectivity index is 2.27. The molecular weight excluding hydrogens is 310 g/mol. The maximum Gasteiger partial charge on any atom is 0.348 e. The molecule has 1 aliphatic rings. The largest absolute Gasteiger partial charge is 0.465 e. The van der Waals surface area contributed by atoms with Gasteiger partial charge in [-0.2, -0.15) is 0 Å². The number of carbonyl (C=O) groups excluding carboxylic acids is 3. The van der Waals surface area contributed by atoms with Crippen molar-refractivity contribution in [1.29, 1.82) is 0 Å². The fourth-order valence-electron chi connectivity index (χ4n) is 2.11. The van der Waals surface area contributed by atoms with Gasteiger partial charge in [0, 0.05) is 5.56 Å². The smallest absolute Gasteiger partial charge is 0.348 e. The van der Waals surface area contributed by atoms with Gasteiger partial charge < -0.3 is 19.9 Å². The monoisotopic (exact) mass is 327 g/mol. The second-order valence-electron chi connectivity index (χ2n) is 5.06. The molecule has 0 aromatic carbocycles. The van der Waals surface area contributed by atoms with Gasteiger partial charge in [0.1, 0.15) is 22.0 Å². The van der Waals surface area contributed by atoms with E-state index in [0.29, 0.717) is 5.92 Å². The minimum Gasteiger partial charge on any atom is -0.465 e. The number of hydrogen-bond acceptors (Lipinski definition) is 8. The summed E-state index contributed by atoms with van der Waals surface area (Å²) in [5.74, 6) is -1.48. The summed E-state index contributed by atoms with van der Waals surface area (Å²) in [7, 11) is 2.43. The lowest BCUT2D eigenvalue weighted by molar-refractivity contribution is -0.146. The minimum atomic E-state index is -0.685. The Morgan fingerprint density at radius 3 is 2.32 bits per heavy atom. The highest BCUT2D eigenvalue weighted by Gasteiger charge is 2.41. The van der Waals surface area contributed by atoms with Gasteiger partial charge in [0.25, 0.3) is 0 Å². The van der Waals surface area contributed by atoms with Gasteiger partial charge in [0.2, 0.25) is 0 Å². The molecular formula is C14H17NO6S. The third-order valence-electron chi connectivity index (χ3n) is 3.57. The number of hydrogen-bond donors (Lipinski definition) is 1. The van der Waals surface area contributed by atoms with Crippen LogP contribution in [0.15, 0.2) is 0 Å². The van der Waals surface area contributed by atoms with Crippen molar-refractivity contribution in [3.63, 3.8) is 0 Å². The molecule has 0 amide bonds. The molecule has 1 fully saturated rings. The average Bonchev–Trinajstić information content (AvgIpc) is 3.14. The fraction of sp³-hybridized carbons (Fsp3) is 0.500. The number of ether oxygens (including phenoxy) is 3. The van der Waals surface area contributed by atoms with Crippen LogP contribution in [0.25, 0.3) is 0 Å². The first-order valence-electron chi connectivity index (χ1n) is 6.65. The quantitative estimate of drug-likeness (QED) is 0.647. The van der Waals surface area contributed by atoms with E-state index >= 15 is 0 Å². The average molecular weight is 327 g/mol. The number of rotatable bonds is 5. The molecule has 0 bridgehead atoms. The molecule has 0 saturated heterocycles. The van der Waals surface area contributed by atoms with Gasteiger partial charge >= 0.3 is 17.9 Å². The Hall–Kier alpha value is -2.09. The van der Waals surface area contributed by atoms with Crippen LogP contribution >= 0.6 is 11.3 Å². The van der Waals surface area contributed by atoms with Crippen LogP contribution < -0.4 is 5.73 Å². The van der Waals surface area contributed by atoms with Gasteiger partial charge in [-0.3, -0.25) is 4.79 Å². The molecule has 1 aromatic heterocycles. The molecule has 2 atom stereocenters. The highest BCUT2D eigenvalue weighted by Crippen LogP contribution is 2.39. The van der Waals surface area contributed by atoms with E-state index in [1.54, 1.807) is 0 Å². The fourth-order valence-corrected chi connectivity index (χ4v) is 3.09. The molecule has 120 valence electrons. The summed E-state index contributed by atoms with van der Waals surface area (Å²) in [5, 5.41) is 0.123. The van der Waals surface area contributed by atoms with E-state index in [1.807, 2.05) is 6.92 Å². The van der Waals surface area contributed by atoms with E-state index in [0.717, 1.165) is 17.8 Å². The zero-order valence-corrected chi connectivity index (χ0v) is 13.3. The summed E-state index contributed by atoms with van der Waals surface area (Å²) in [6, 6.07) is 0. The molecule has 7 nitrogen and oxygen atoms in total. The summed E-state index contributed by atoms with van der Waals surface area (Å²) >= 11 is 0.905. The summed E-state index contributed by atoms with van der Waals surface area (Å²) in [4.78, 5) is 35.6. The van der Waals surface area contributed by atoms with E-state index in [4.69, 9.17) is 10.5 Å². The number of carbonyl (C=O) groups is 3. The summed E-state index contributed by atoms with van der Waals surface area (Å²) < 4.78 is 14.5. The molecule has 1 saturated carbocycles. The zero-order valence-electron chi connectivity index (χ0n) is 12.5. The highest BCUT2D eigenvalue weighted by molar-refractivity contribution is 7.18. The predicted molar refractivity (Wildman–Crippen MR) is 78.5 cm³/mol. The maximum absolute atomic E-state index is 11.8. The third kappa shape index (κ3) is 3.06. The maximum atomic E-state index is 11.8. The van der Waals surface area contributed by atoms with E-state index < -0.39 is 11.9 Å². The van der Waals surface area contributed by atoms with Gasteiger partial charge in [-0.15, -0.1) is 11.3 Å². The standard InChI is InChI=1S/C14H17NO6S/c1-6-4-7(6)12(16)21-5-8-9(13(17)19-2)11(15)22-10(8)14(18)20-3/h6-7H,4-5,15H2,1-3H3/t6-,7+/m1/s1. The van der Waals surface area contributed by atoms with Crippen molar-refractivity contribution < 1.29 is 28.6 Å². The van der Waals surface area contributed by atoms with Crippen LogP contribution in [-0.4, -0.2) is 32.1 Å². The van der Waals surface area contributed by atoms with Crippen LogP contribution in [0.3, 0.4) is 0 Å². The summed E-state index contributed by atoms with van der Waals surface area (Å²) in [6.45, 7) is 1.74. The van der Waals surface area contributed by atoms with Crippen molar-refractivity contribution in [2.75, 3.05) is 20.0 Å². The van der Waals surface area contributed by atoms with E-state index in [-0.39, 0.29) is 39.5 Å². The number of methoxy groups -OCH3 is 2. The van der Waals surface area contributed by atoms with Crippen molar-refractivity contribution in [1.82, 2.24) is 0 Å². The van der Waals surface area contributed by atoms with Crippen molar-refractivity contribution in [3.05, 3.63) is 16.0 Å². The number of thiophene rings is 1. The van der Waals surface area contributed by atoms with Crippen LogP contribution in [0.1, 0.15) is 38.9 Å². The van der Waals surface area contributed by atoms with Crippen molar-refractivity contribution in [2.24, 2.45) is 11.8 Å². The first-order chi connectivity index (χ1) is 10.4. The minimum absolute atomic E-state index is 0.0459. The van der Waals surface area contributed by atoms with Gasteiger partial charge in [-0.1, -0.05) is 6.92 Å². The zero-order chi connectivity index (χ0) is 16.4.